The molecule has 308 valence electrons. The van der Waals surface area contributed by atoms with Crippen LogP contribution in [-0.2, 0) is 14.3 Å². The van der Waals surface area contributed by atoms with E-state index in [1.807, 2.05) is 55.5 Å². The van der Waals surface area contributed by atoms with E-state index in [-0.39, 0.29) is 18.4 Å². The summed E-state index contributed by atoms with van der Waals surface area (Å²) >= 11 is 0. The molecule has 2 fully saturated rings. The van der Waals surface area contributed by atoms with Gasteiger partial charge in [-0.15, -0.1) is 0 Å². The Morgan fingerprint density at radius 3 is 2.18 bits per heavy atom. The number of carbonyl (C=O) groups excluding carboxylic acids is 1. The van der Waals surface area contributed by atoms with Crippen molar-refractivity contribution < 1.29 is 47.9 Å². The molecule has 3 aromatic carbocycles. The van der Waals surface area contributed by atoms with E-state index in [2.05, 4.69) is 17.1 Å². The second-order valence-corrected chi connectivity index (χ2v) is 14.9. The van der Waals surface area contributed by atoms with Crippen LogP contribution in [-0.4, -0.2) is 114 Å². The van der Waals surface area contributed by atoms with Gasteiger partial charge in [-0.25, -0.2) is 4.79 Å². The van der Waals surface area contributed by atoms with Gasteiger partial charge in [-0.3, -0.25) is 9.69 Å². The minimum Gasteiger partial charge on any atom is -0.493 e. The van der Waals surface area contributed by atoms with Gasteiger partial charge in [-0.1, -0.05) is 37.3 Å². The number of rotatable bonds is 17. The number of carboxylic acids is 1. The van der Waals surface area contributed by atoms with Gasteiger partial charge in [-0.2, -0.15) is 0 Å². The number of benzene rings is 3. The van der Waals surface area contributed by atoms with Crippen LogP contribution in [0.25, 0.3) is 0 Å². The largest absolute Gasteiger partial charge is 0.493 e. The number of ether oxygens (including phenoxy) is 7. The van der Waals surface area contributed by atoms with Crippen LogP contribution < -0.4 is 28.4 Å². The van der Waals surface area contributed by atoms with Crippen LogP contribution in [0.15, 0.2) is 66.7 Å². The first kappa shape index (κ1) is 41.7. The van der Waals surface area contributed by atoms with E-state index >= 15 is 4.79 Å². The molecular weight excluding hydrogens is 728 g/mol. The highest BCUT2D eigenvalue weighted by atomic mass is 16.5. The van der Waals surface area contributed by atoms with Crippen molar-refractivity contribution in [3.05, 3.63) is 83.4 Å². The van der Waals surface area contributed by atoms with Gasteiger partial charge in [-0.05, 0) is 91.1 Å². The van der Waals surface area contributed by atoms with Crippen LogP contribution in [0, 0.1) is 5.92 Å². The number of amides is 1. The Morgan fingerprint density at radius 1 is 0.842 bits per heavy atom. The number of methoxy groups -OCH3 is 5. The first-order valence-electron chi connectivity index (χ1n) is 20.0. The van der Waals surface area contributed by atoms with Crippen molar-refractivity contribution in [3.63, 3.8) is 0 Å². The van der Waals surface area contributed by atoms with Crippen LogP contribution in [0.1, 0.15) is 73.5 Å². The van der Waals surface area contributed by atoms with Crippen molar-refractivity contribution >= 4 is 11.9 Å². The Balaban J connectivity index is 1.49. The topological polar surface area (TPSA) is 125 Å². The third-order valence-electron chi connectivity index (χ3n) is 12.0. The Hall–Kier alpha value is -4.94. The quantitative estimate of drug-likeness (QED) is 0.144. The van der Waals surface area contributed by atoms with Crippen molar-refractivity contribution in [2.75, 3.05) is 81.5 Å². The summed E-state index contributed by atoms with van der Waals surface area (Å²) in [4.78, 5) is 34.3. The molecule has 2 aliphatic heterocycles. The number of carboxylic acid groups (broad SMARTS) is 1. The average Bonchev–Trinajstić information content (AvgIpc) is 3.65. The summed E-state index contributed by atoms with van der Waals surface area (Å²) in [5.74, 6) is -0.520. The lowest BCUT2D eigenvalue weighted by atomic mass is 9.67. The van der Waals surface area contributed by atoms with Crippen molar-refractivity contribution in [3.8, 4) is 34.5 Å². The second-order valence-electron chi connectivity index (χ2n) is 14.9. The Kier molecular flexibility index (Phi) is 13.9. The van der Waals surface area contributed by atoms with Crippen LogP contribution in [0.3, 0.4) is 0 Å². The predicted molar refractivity (Wildman–Crippen MR) is 217 cm³/mol. The summed E-state index contributed by atoms with van der Waals surface area (Å²) in [6, 6.07) is 16.9. The number of likely N-dealkylation sites (tertiary alicyclic amines) is 1. The Morgan fingerprint density at radius 2 is 1.56 bits per heavy atom. The number of hydrogen-bond donors (Lipinski definition) is 1. The average molecular weight is 787 g/mol. The van der Waals surface area contributed by atoms with E-state index in [9.17, 15) is 9.90 Å². The van der Waals surface area contributed by atoms with Gasteiger partial charge in [0.15, 0.2) is 28.5 Å². The van der Waals surface area contributed by atoms with Crippen molar-refractivity contribution in [2.24, 2.45) is 5.92 Å². The smallest absolute Gasteiger partial charge is 0.330 e. The molecule has 1 aliphatic carbocycles. The lowest BCUT2D eigenvalue weighted by molar-refractivity contribution is -0.160. The van der Waals surface area contributed by atoms with Gasteiger partial charge < -0.3 is 43.2 Å². The molecule has 57 heavy (non-hydrogen) atoms. The molecule has 0 aromatic heterocycles. The van der Waals surface area contributed by atoms with E-state index < -0.39 is 29.3 Å². The van der Waals surface area contributed by atoms with Gasteiger partial charge in [0.1, 0.15) is 12.4 Å². The number of allylic oxidation sites excluding steroid dienone is 2. The van der Waals surface area contributed by atoms with Crippen LogP contribution >= 0.6 is 0 Å². The highest BCUT2D eigenvalue weighted by Crippen LogP contribution is 2.55. The molecule has 0 spiro atoms. The lowest BCUT2D eigenvalue weighted by Gasteiger charge is -2.46. The fraction of sp³-hybridized carbons (Fsp3) is 0.511. The van der Waals surface area contributed by atoms with Crippen molar-refractivity contribution in [1.82, 2.24) is 9.80 Å². The molecule has 1 amide bonds. The summed E-state index contributed by atoms with van der Waals surface area (Å²) in [5.41, 5.74) is 0.512. The lowest BCUT2D eigenvalue weighted by Crippen LogP contribution is -2.60. The molecule has 2 heterocycles. The van der Waals surface area contributed by atoms with E-state index in [4.69, 9.17) is 33.2 Å². The number of hydrogen-bond acceptors (Lipinski definition) is 10. The number of morpholine rings is 1. The van der Waals surface area contributed by atoms with E-state index in [1.165, 1.54) is 0 Å². The zero-order valence-corrected chi connectivity index (χ0v) is 34.2. The number of nitrogens with zero attached hydrogens (tertiary/aromatic N) is 2. The molecule has 2 saturated heterocycles. The molecule has 4 unspecified atom stereocenters. The maximum absolute atomic E-state index is 15.8. The summed E-state index contributed by atoms with van der Waals surface area (Å²) in [6.45, 7) is 6.59. The van der Waals surface area contributed by atoms with Gasteiger partial charge in [0.2, 0.25) is 11.7 Å². The number of aliphatic carboxylic acids is 1. The maximum Gasteiger partial charge on any atom is 0.330 e. The molecule has 5 atom stereocenters. The first-order valence-corrected chi connectivity index (χ1v) is 20.0. The summed E-state index contributed by atoms with van der Waals surface area (Å²) in [6.07, 6.45) is 7.67. The zero-order valence-electron chi connectivity index (χ0n) is 34.2. The van der Waals surface area contributed by atoms with Gasteiger partial charge in [0.25, 0.3) is 0 Å². The highest BCUT2D eigenvalue weighted by molar-refractivity contribution is 5.94. The fourth-order valence-electron chi connectivity index (χ4n) is 9.36. The predicted octanol–water partition coefficient (Wildman–Crippen LogP) is 6.91. The Bertz CT molecular complexity index is 1850. The minimum absolute atomic E-state index is 0.191. The highest BCUT2D eigenvalue weighted by Gasteiger charge is 2.62. The molecule has 1 N–H and O–H groups in total. The van der Waals surface area contributed by atoms with Gasteiger partial charge >= 0.3 is 5.97 Å². The van der Waals surface area contributed by atoms with E-state index in [1.54, 1.807) is 46.5 Å². The zero-order chi connectivity index (χ0) is 40.5. The van der Waals surface area contributed by atoms with E-state index in [0.29, 0.717) is 72.7 Å². The monoisotopic (exact) mass is 786 g/mol. The van der Waals surface area contributed by atoms with Gasteiger partial charge in [0.05, 0.1) is 54.7 Å². The molecule has 3 aliphatic rings. The molecule has 6 rings (SSSR count). The minimum atomic E-state index is -1.70. The first-order chi connectivity index (χ1) is 27.7. The molecule has 12 heteroatoms. The van der Waals surface area contributed by atoms with Gasteiger partial charge in [0, 0.05) is 38.0 Å². The third kappa shape index (κ3) is 8.39. The molecule has 0 saturated carbocycles. The summed E-state index contributed by atoms with van der Waals surface area (Å²) < 4.78 is 40.3. The van der Waals surface area contributed by atoms with Crippen LogP contribution in [0.5, 0.6) is 34.5 Å². The summed E-state index contributed by atoms with van der Waals surface area (Å²) in [5, 5.41) is 11.9. The molecule has 0 bridgehead atoms. The van der Waals surface area contributed by atoms with Crippen molar-refractivity contribution in [2.45, 2.75) is 62.3 Å². The van der Waals surface area contributed by atoms with Crippen molar-refractivity contribution in [1.29, 1.82) is 0 Å². The Labute approximate surface area is 336 Å². The SMILES string of the molecule is CCC(c1cccc(OCCN2CCOCC2)c1)C1(C(=O)O)C(c2ccc(OC)c(OC)c2)CCN1C(=O)C(c1cc(OC)c(OC)c(OC)c1)[C@H]1C=CCCC1. The maximum atomic E-state index is 15.8. The number of carbonyl (C=O) groups is 2. The molecule has 0 radical (unpaired) electrons. The standard InChI is InChI=1S/C45H58N2O10/c1-7-35(31-14-11-15-34(26-31)57-25-22-46-20-23-56-24-21-46)45(44(49)50)36(32-16-17-37(51-2)38(27-32)52-3)18-19-47(45)43(48)41(30-12-9-8-10-13-30)33-28-39(53-4)42(55-6)40(29-33)54-5/h9,11-12,14-17,26-30,35-36,41H,7-8,10,13,18-25H2,1-6H3,(H,49,50)/t30-,35?,36?,41?,45?/m0/s1. The summed E-state index contributed by atoms with van der Waals surface area (Å²) in [7, 11) is 7.78. The normalized spacial score (nSPS) is 22.0. The second kappa shape index (κ2) is 19.0. The molecule has 3 aromatic rings. The molecule has 12 nitrogen and oxygen atoms in total. The van der Waals surface area contributed by atoms with Crippen LogP contribution in [0.4, 0.5) is 0 Å². The van der Waals surface area contributed by atoms with Crippen LogP contribution in [0.2, 0.25) is 0 Å². The third-order valence-corrected chi connectivity index (χ3v) is 12.0. The van der Waals surface area contributed by atoms with E-state index in [0.717, 1.165) is 50.0 Å². The fourth-order valence-corrected chi connectivity index (χ4v) is 9.36. The molecular formula is C45H58N2O10.